The lowest BCUT2D eigenvalue weighted by Crippen LogP contribution is -2.25. The van der Waals surface area contributed by atoms with Gasteiger partial charge in [-0.1, -0.05) is 0 Å². The number of ether oxygens (including phenoxy) is 2. The van der Waals surface area contributed by atoms with Crippen LogP contribution in [0.2, 0.25) is 0 Å². The molecule has 0 heterocycles. The van der Waals surface area contributed by atoms with E-state index in [4.69, 9.17) is 9.47 Å². The third-order valence-electron chi connectivity index (χ3n) is 3.63. The van der Waals surface area contributed by atoms with Crippen molar-refractivity contribution in [3.05, 3.63) is 48.3 Å². The molecule has 27 heavy (non-hydrogen) atoms. The van der Waals surface area contributed by atoms with Gasteiger partial charge in [0.25, 0.3) is 0 Å². The van der Waals surface area contributed by atoms with Crippen LogP contribution in [0.3, 0.4) is 0 Å². The molecule has 0 bridgehead atoms. The van der Waals surface area contributed by atoms with Crippen LogP contribution in [0, 0.1) is 5.82 Å². The zero-order chi connectivity index (χ0) is 19.8. The molecule has 0 aliphatic carbocycles. The van der Waals surface area contributed by atoms with Crippen molar-refractivity contribution in [2.75, 3.05) is 30.6 Å². The SMILES string of the molecule is COc1ccc(NC(=O)[C@@H](C)SCC(=O)Nc2ccc(F)cc2)c(OC)c1. The van der Waals surface area contributed by atoms with E-state index in [0.717, 1.165) is 0 Å². The van der Waals surface area contributed by atoms with Crippen molar-refractivity contribution in [3.63, 3.8) is 0 Å². The van der Waals surface area contributed by atoms with E-state index in [1.54, 1.807) is 32.2 Å². The summed E-state index contributed by atoms with van der Waals surface area (Å²) in [4.78, 5) is 24.3. The zero-order valence-electron chi connectivity index (χ0n) is 15.2. The number of anilines is 2. The lowest BCUT2D eigenvalue weighted by molar-refractivity contribution is -0.115. The summed E-state index contributed by atoms with van der Waals surface area (Å²) in [5.41, 5.74) is 1.02. The fourth-order valence-electron chi connectivity index (χ4n) is 2.14. The molecule has 0 aromatic heterocycles. The minimum Gasteiger partial charge on any atom is -0.497 e. The molecule has 0 saturated carbocycles. The first-order valence-corrected chi connectivity index (χ1v) is 9.17. The highest BCUT2D eigenvalue weighted by molar-refractivity contribution is 8.01. The summed E-state index contributed by atoms with van der Waals surface area (Å²) >= 11 is 1.19. The van der Waals surface area contributed by atoms with Crippen molar-refractivity contribution < 1.29 is 23.5 Å². The largest absolute Gasteiger partial charge is 0.497 e. The van der Waals surface area contributed by atoms with Crippen molar-refractivity contribution in [1.29, 1.82) is 0 Å². The molecular weight excluding hydrogens is 371 g/mol. The number of thioether (sulfide) groups is 1. The second kappa shape index (κ2) is 9.82. The van der Waals surface area contributed by atoms with Gasteiger partial charge in [-0.25, -0.2) is 4.39 Å². The molecule has 0 aliphatic heterocycles. The Kier molecular flexibility index (Phi) is 7.48. The average Bonchev–Trinajstić information content (AvgIpc) is 2.68. The molecule has 2 amide bonds. The van der Waals surface area contributed by atoms with Gasteiger partial charge in [-0.2, -0.15) is 0 Å². The monoisotopic (exact) mass is 392 g/mol. The first kappa shape index (κ1) is 20.6. The fourth-order valence-corrected chi connectivity index (χ4v) is 2.83. The van der Waals surface area contributed by atoms with E-state index in [0.29, 0.717) is 22.9 Å². The van der Waals surface area contributed by atoms with Crippen molar-refractivity contribution in [3.8, 4) is 11.5 Å². The van der Waals surface area contributed by atoms with E-state index in [1.807, 2.05) is 0 Å². The van der Waals surface area contributed by atoms with Gasteiger partial charge in [0.2, 0.25) is 11.8 Å². The summed E-state index contributed by atoms with van der Waals surface area (Å²) in [6, 6.07) is 10.6. The van der Waals surface area contributed by atoms with E-state index < -0.39 is 5.25 Å². The highest BCUT2D eigenvalue weighted by Crippen LogP contribution is 2.29. The van der Waals surface area contributed by atoms with Gasteiger partial charge in [-0.3, -0.25) is 9.59 Å². The van der Waals surface area contributed by atoms with Gasteiger partial charge in [0, 0.05) is 11.8 Å². The number of hydrogen-bond donors (Lipinski definition) is 2. The predicted octanol–water partition coefficient (Wildman–Crippen LogP) is 3.54. The summed E-state index contributed by atoms with van der Waals surface area (Å²) in [5, 5.41) is 4.97. The highest BCUT2D eigenvalue weighted by atomic mass is 32.2. The lowest BCUT2D eigenvalue weighted by Gasteiger charge is -2.15. The van der Waals surface area contributed by atoms with Crippen LogP contribution in [0.5, 0.6) is 11.5 Å². The van der Waals surface area contributed by atoms with Crippen LogP contribution >= 0.6 is 11.8 Å². The molecule has 0 spiro atoms. The molecule has 1 atom stereocenters. The summed E-state index contributed by atoms with van der Waals surface area (Å²) in [7, 11) is 3.05. The van der Waals surface area contributed by atoms with Crippen LogP contribution in [0.15, 0.2) is 42.5 Å². The molecule has 0 aliphatic rings. The summed E-state index contributed by atoms with van der Waals surface area (Å²) < 4.78 is 23.2. The Labute approximate surface area is 161 Å². The standard InChI is InChI=1S/C19H21FN2O4S/c1-12(27-11-18(23)21-14-6-4-13(20)5-7-14)19(24)22-16-9-8-15(25-2)10-17(16)26-3/h4-10,12H,11H2,1-3H3,(H,21,23)(H,22,24)/t12-/m1/s1. The second-order valence-corrected chi connectivity index (χ2v) is 6.89. The van der Waals surface area contributed by atoms with Crippen LogP contribution in [0.4, 0.5) is 15.8 Å². The van der Waals surface area contributed by atoms with E-state index >= 15 is 0 Å². The van der Waals surface area contributed by atoms with Crippen LogP contribution < -0.4 is 20.1 Å². The topological polar surface area (TPSA) is 76.7 Å². The predicted molar refractivity (Wildman–Crippen MR) is 105 cm³/mol. The summed E-state index contributed by atoms with van der Waals surface area (Å²) in [6.07, 6.45) is 0. The highest BCUT2D eigenvalue weighted by Gasteiger charge is 2.17. The average molecular weight is 392 g/mol. The quantitative estimate of drug-likeness (QED) is 0.719. The van der Waals surface area contributed by atoms with E-state index in [2.05, 4.69) is 10.6 Å². The minimum atomic E-state index is -0.462. The maximum absolute atomic E-state index is 12.9. The Balaban J connectivity index is 1.86. The molecule has 2 aromatic carbocycles. The van der Waals surface area contributed by atoms with Gasteiger partial charge < -0.3 is 20.1 Å². The number of nitrogens with one attached hydrogen (secondary N) is 2. The number of benzene rings is 2. The smallest absolute Gasteiger partial charge is 0.237 e. The molecule has 6 nitrogen and oxygen atoms in total. The first-order valence-electron chi connectivity index (χ1n) is 8.13. The van der Waals surface area contributed by atoms with Crippen molar-refractivity contribution >= 4 is 35.0 Å². The summed E-state index contributed by atoms with van der Waals surface area (Å²) in [6.45, 7) is 1.71. The second-order valence-electron chi connectivity index (χ2n) is 5.56. The van der Waals surface area contributed by atoms with Crippen LogP contribution in [-0.4, -0.2) is 37.0 Å². The van der Waals surface area contributed by atoms with E-state index in [-0.39, 0.29) is 23.4 Å². The third-order valence-corrected chi connectivity index (χ3v) is 4.77. The Hall–Kier alpha value is -2.74. The van der Waals surface area contributed by atoms with Crippen molar-refractivity contribution in [2.45, 2.75) is 12.2 Å². The van der Waals surface area contributed by atoms with Crippen molar-refractivity contribution in [2.24, 2.45) is 0 Å². The molecule has 0 fully saturated rings. The van der Waals surface area contributed by atoms with Crippen LogP contribution in [-0.2, 0) is 9.59 Å². The van der Waals surface area contributed by atoms with Gasteiger partial charge >= 0.3 is 0 Å². The number of carbonyl (C=O) groups excluding carboxylic acids is 2. The Morgan fingerprint density at radius 3 is 2.41 bits per heavy atom. The van der Waals surface area contributed by atoms with Crippen LogP contribution in [0.25, 0.3) is 0 Å². The number of amides is 2. The van der Waals surface area contributed by atoms with Gasteiger partial charge in [-0.15, -0.1) is 11.8 Å². The lowest BCUT2D eigenvalue weighted by atomic mass is 10.2. The molecule has 0 unspecified atom stereocenters. The van der Waals surface area contributed by atoms with Crippen LogP contribution in [0.1, 0.15) is 6.92 Å². The number of methoxy groups -OCH3 is 2. The maximum atomic E-state index is 12.9. The van der Waals surface area contributed by atoms with Gasteiger partial charge in [0.1, 0.15) is 17.3 Å². The minimum absolute atomic E-state index is 0.0890. The van der Waals surface area contributed by atoms with E-state index in [9.17, 15) is 14.0 Å². The third kappa shape index (κ3) is 6.18. The molecule has 2 N–H and O–H groups in total. The number of carbonyl (C=O) groups is 2. The fraction of sp³-hybridized carbons (Fsp3) is 0.263. The van der Waals surface area contributed by atoms with E-state index in [1.165, 1.54) is 43.1 Å². The maximum Gasteiger partial charge on any atom is 0.237 e. The number of hydrogen-bond acceptors (Lipinski definition) is 5. The molecule has 2 rings (SSSR count). The Morgan fingerprint density at radius 1 is 1.07 bits per heavy atom. The molecule has 8 heteroatoms. The molecule has 0 radical (unpaired) electrons. The summed E-state index contributed by atoms with van der Waals surface area (Å²) in [5.74, 6) is 0.290. The van der Waals surface area contributed by atoms with Gasteiger partial charge in [0.15, 0.2) is 0 Å². The number of halogens is 1. The van der Waals surface area contributed by atoms with Crippen molar-refractivity contribution in [1.82, 2.24) is 0 Å². The normalized spacial score (nSPS) is 11.4. The molecular formula is C19H21FN2O4S. The number of rotatable bonds is 8. The van der Waals surface area contributed by atoms with Gasteiger partial charge in [0.05, 0.1) is 30.9 Å². The first-order chi connectivity index (χ1) is 12.9. The molecule has 2 aromatic rings. The molecule has 144 valence electrons. The zero-order valence-corrected chi connectivity index (χ0v) is 16.1. The van der Waals surface area contributed by atoms with Gasteiger partial charge in [-0.05, 0) is 43.3 Å². The molecule has 0 saturated heterocycles. The Bertz CT molecular complexity index is 799. The Morgan fingerprint density at radius 2 is 1.78 bits per heavy atom.